The molecular weight excluding hydrogens is 285 g/mol. The van der Waals surface area contributed by atoms with Gasteiger partial charge in [0.2, 0.25) is 10.0 Å². The quantitative estimate of drug-likeness (QED) is 0.868. The second kappa shape index (κ2) is 5.36. The number of aromatic nitrogens is 3. The highest BCUT2D eigenvalue weighted by atomic mass is 32.2. The van der Waals surface area contributed by atoms with Gasteiger partial charge in [-0.3, -0.25) is 5.10 Å². The smallest absolute Gasteiger partial charge is 0.241 e. The average Bonchev–Trinajstić information content (AvgIpc) is 2.92. The van der Waals surface area contributed by atoms with E-state index >= 15 is 0 Å². The van der Waals surface area contributed by atoms with Crippen molar-refractivity contribution in [2.75, 3.05) is 0 Å². The van der Waals surface area contributed by atoms with E-state index < -0.39 is 21.9 Å². The predicted molar refractivity (Wildman–Crippen MR) is 66.2 cm³/mol. The normalized spacial score (nSPS) is 12.8. The molecule has 1 aromatic carbocycles. The molecule has 1 heterocycles. The molecule has 0 aliphatic heterocycles. The molecule has 7 nitrogen and oxygen atoms in total. The Labute approximate surface area is 114 Å². The van der Waals surface area contributed by atoms with E-state index in [0.717, 1.165) is 18.2 Å². The topological polar surface area (TPSA) is 112 Å². The van der Waals surface area contributed by atoms with Crippen LogP contribution in [0.3, 0.4) is 0 Å². The molecule has 0 amide bonds. The summed E-state index contributed by atoms with van der Waals surface area (Å²) >= 11 is 0. The fraction of sp³-hybridized carbons (Fsp3) is 0.182. The number of nitrogens with zero attached hydrogens (tertiary/aromatic N) is 3. The van der Waals surface area contributed by atoms with Gasteiger partial charge in [0.05, 0.1) is 16.5 Å². The highest BCUT2D eigenvalue weighted by molar-refractivity contribution is 7.89. The summed E-state index contributed by atoms with van der Waals surface area (Å²) in [6, 6.07) is 3.95. The van der Waals surface area contributed by atoms with Gasteiger partial charge in [0.15, 0.2) is 0 Å². The van der Waals surface area contributed by atoms with Gasteiger partial charge in [0.25, 0.3) is 0 Å². The van der Waals surface area contributed by atoms with Gasteiger partial charge >= 0.3 is 0 Å². The maximum Gasteiger partial charge on any atom is 0.241 e. The molecule has 1 aromatic heterocycles. The maximum absolute atomic E-state index is 13.2. The van der Waals surface area contributed by atoms with Crippen molar-refractivity contribution in [3.8, 4) is 6.07 Å². The average molecular weight is 295 g/mol. The van der Waals surface area contributed by atoms with E-state index in [0.29, 0.717) is 5.82 Å². The Hall–Kier alpha value is -2.31. The van der Waals surface area contributed by atoms with Crippen molar-refractivity contribution < 1.29 is 12.8 Å². The summed E-state index contributed by atoms with van der Waals surface area (Å²) in [6.45, 7) is 1.58. The van der Waals surface area contributed by atoms with Crippen molar-refractivity contribution in [1.29, 1.82) is 5.26 Å². The number of nitriles is 1. The van der Waals surface area contributed by atoms with Crippen LogP contribution in [-0.4, -0.2) is 23.6 Å². The second-order valence-corrected chi connectivity index (χ2v) is 5.68. The number of halogens is 1. The van der Waals surface area contributed by atoms with Crippen LogP contribution in [0.5, 0.6) is 0 Å². The van der Waals surface area contributed by atoms with E-state index in [1.54, 1.807) is 13.0 Å². The molecule has 0 fully saturated rings. The summed E-state index contributed by atoms with van der Waals surface area (Å²) in [5.74, 6) is -0.425. The van der Waals surface area contributed by atoms with Crippen LogP contribution in [0.1, 0.15) is 24.4 Å². The molecule has 0 saturated carbocycles. The third-order valence-corrected chi connectivity index (χ3v) is 4.08. The minimum absolute atomic E-state index is 0.193. The van der Waals surface area contributed by atoms with Crippen LogP contribution in [0.4, 0.5) is 4.39 Å². The second-order valence-electron chi connectivity index (χ2n) is 3.97. The first-order chi connectivity index (χ1) is 9.44. The summed E-state index contributed by atoms with van der Waals surface area (Å²) in [5, 5.41) is 14.9. The first kappa shape index (κ1) is 14.1. The molecule has 2 N–H and O–H groups in total. The fourth-order valence-corrected chi connectivity index (χ4v) is 2.77. The molecule has 20 heavy (non-hydrogen) atoms. The zero-order chi connectivity index (χ0) is 14.8. The molecule has 0 radical (unpaired) electrons. The Balaban J connectivity index is 2.29. The van der Waals surface area contributed by atoms with Crippen molar-refractivity contribution in [1.82, 2.24) is 19.9 Å². The van der Waals surface area contributed by atoms with E-state index in [-0.39, 0.29) is 10.5 Å². The van der Waals surface area contributed by atoms with Crippen molar-refractivity contribution in [3.05, 3.63) is 41.7 Å². The molecule has 0 spiro atoms. The van der Waals surface area contributed by atoms with Crippen LogP contribution in [0, 0.1) is 17.1 Å². The molecule has 104 valence electrons. The first-order valence-electron chi connectivity index (χ1n) is 5.51. The van der Waals surface area contributed by atoms with E-state index in [1.807, 2.05) is 0 Å². The lowest BCUT2D eigenvalue weighted by atomic mass is 10.2. The first-order valence-corrected chi connectivity index (χ1v) is 6.99. The molecule has 1 unspecified atom stereocenters. The lowest BCUT2D eigenvalue weighted by Crippen LogP contribution is -2.27. The maximum atomic E-state index is 13.2. The van der Waals surface area contributed by atoms with Gasteiger partial charge in [-0.2, -0.15) is 10.4 Å². The van der Waals surface area contributed by atoms with Gasteiger partial charge in [-0.25, -0.2) is 22.5 Å². The number of hydrogen-bond acceptors (Lipinski definition) is 5. The van der Waals surface area contributed by atoms with E-state index in [2.05, 4.69) is 19.9 Å². The Morgan fingerprint density at radius 1 is 1.50 bits per heavy atom. The predicted octanol–water partition coefficient (Wildman–Crippen LogP) is 0.855. The molecule has 2 rings (SSSR count). The van der Waals surface area contributed by atoms with Crippen molar-refractivity contribution in [2.45, 2.75) is 17.9 Å². The van der Waals surface area contributed by atoms with Crippen molar-refractivity contribution >= 4 is 10.0 Å². The van der Waals surface area contributed by atoms with Crippen LogP contribution < -0.4 is 4.72 Å². The Bertz CT molecular complexity index is 752. The lowest BCUT2D eigenvalue weighted by molar-refractivity contribution is 0.559. The summed E-state index contributed by atoms with van der Waals surface area (Å²) in [4.78, 5) is 3.64. The Morgan fingerprint density at radius 2 is 2.25 bits per heavy atom. The van der Waals surface area contributed by atoms with Crippen LogP contribution in [-0.2, 0) is 10.0 Å². The van der Waals surface area contributed by atoms with E-state index in [1.165, 1.54) is 6.33 Å². The number of hydrogen-bond donors (Lipinski definition) is 2. The van der Waals surface area contributed by atoms with Gasteiger partial charge in [0, 0.05) is 0 Å². The fourth-order valence-electron chi connectivity index (χ4n) is 1.54. The van der Waals surface area contributed by atoms with Gasteiger partial charge in [-0.05, 0) is 25.1 Å². The Morgan fingerprint density at radius 3 is 2.85 bits per heavy atom. The van der Waals surface area contributed by atoms with Gasteiger partial charge < -0.3 is 0 Å². The summed E-state index contributed by atoms with van der Waals surface area (Å²) < 4.78 is 39.8. The largest absolute Gasteiger partial charge is 0.262 e. The number of nitrogens with one attached hydrogen (secondary N) is 2. The summed E-state index contributed by atoms with van der Waals surface area (Å²) in [7, 11) is -3.89. The number of H-pyrrole nitrogens is 1. The lowest BCUT2D eigenvalue weighted by Gasteiger charge is -2.12. The van der Waals surface area contributed by atoms with Crippen molar-refractivity contribution in [3.63, 3.8) is 0 Å². The van der Waals surface area contributed by atoms with Crippen molar-refractivity contribution in [2.24, 2.45) is 0 Å². The number of aromatic amines is 1. The molecule has 1 atom stereocenters. The van der Waals surface area contributed by atoms with Crippen LogP contribution in [0.15, 0.2) is 29.4 Å². The summed E-state index contributed by atoms with van der Waals surface area (Å²) in [5.41, 5.74) is -0.333. The van der Waals surface area contributed by atoms with E-state index in [4.69, 9.17) is 5.26 Å². The summed E-state index contributed by atoms with van der Waals surface area (Å²) in [6.07, 6.45) is 1.26. The molecule has 2 aromatic rings. The van der Waals surface area contributed by atoms with E-state index in [9.17, 15) is 12.8 Å². The minimum atomic E-state index is -3.89. The number of rotatable bonds is 4. The van der Waals surface area contributed by atoms with Gasteiger partial charge in [-0.15, -0.1) is 0 Å². The standard InChI is InChI=1S/C11H10FN5O2S/c1-7(11-14-6-15-16-11)17-20(18,19)9-2-3-10(12)8(4-9)5-13/h2-4,6-7,17H,1H3,(H,14,15,16). The third kappa shape index (κ3) is 2.81. The Kier molecular flexibility index (Phi) is 3.78. The monoisotopic (exact) mass is 295 g/mol. The molecule has 9 heteroatoms. The van der Waals surface area contributed by atoms with Gasteiger partial charge in [-0.1, -0.05) is 0 Å². The van der Waals surface area contributed by atoms with Crippen LogP contribution >= 0.6 is 0 Å². The molecule has 0 saturated heterocycles. The zero-order valence-electron chi connectivity index (χ0n) is 10.3. The van der Waals surface area contributed by atoms with Gasteiger partial charge in [0.1, 0.15) is 24.0 Å². The van der Waals surface area contributed by atoms with Crippen LogP contribution in [0.2, 0.25) is 0 Å². The number of benzene rings is 1. The molecule has 0 bridgehead atoms. The SMILES string of the molecule is CC(NS(=O)(=O)c1ccc(F)c(C#N)c1)c1ncn[nH]1. The molecule has 0 aliphatic carbocycles. The third-order valence-electron chi connectivity index (χ3n) is 2.54. The van der Waals surface area contributed by atoms with Crippen LogP contribution in [0.25, 0.3) is 0 Å². The molecule has 0 aliphatic rings. The highest BCUT2D eigenvalue weighted by Gasteiger charge is 2.21. The minimum Gasteiger partial charge on any atom is -0.262 e. The molecular formula is C11H10FN5O2S. The number of sulfonamides is 1. The zero-order valence-corrected chi connectivity index (χ0v) is 11.1. The highest BCUT2D eigenvalue weighted by Crippen LogP contribution is 2.17.